The number of benzene rings is 3. The van der Waals surface area contributed by atoms with Crippen molar-refractivity contribution in [1.82, 2.24) is 20.4 Å². The molecule has 1 aliphatic heterocycles. The van der Waals surface area contributed by atoms with Crippen molar-refractivity contribution < 1.29 is 19.1 Å². The monoisotopic (exact) mass is 544 g/mol. The van der Waals surface area contributed by atoms with Crippen molar-refractivity contribution >= 4 is 28.5 Å². The fraction of sp³-hybridized carbons (Fsp3) is 0.406. The zero-order valence-electron chi connectivity index (χ0n) is 23.6. The molecule has 0 saturated carbocycles. The Morgan fingerprint density at radius 3 is 2.30 bits per heavy atom. The molecule has 3 atom stereocenters. The van der Waals surface area contributed by atoms with Gasteiger partial charge in [0.2, 0.25) is 17.7 Å². The predicted octanol–water partition coefficient (Wildman–Crippen LogP) is 2.79. The fourth-order valence-electron chi connectivity index (χ4n) is 5.24. The Hall–Kier alpha value is -3.75. The molecule has 4 rings (SSSR count). The molecule has 8 nitrogen and oxygen atoms in total. The number of likely N-dealkylation sites (N-methyl/N-ethyl adjacent to an activating group) is 3. The van der Waals surface area contributed by atoms with Gasteiger partial charge in [0.1, 0.15) is 18.7 Å². The molecule has 1 heterocycles. The molecule has 0 aliphatic carbocycles. The average molecular weight is 545 g/mol. The van der Waals surface area contributed by atoms with E-state index in [0.717, 1.165) is 41.3 Å². The molecule has 0 aromatic heterocycles. The Bertz CT molecular complexity index is 1290. The van der Waals surface area contributed by atoms with E-state index in [1.165, 1.54) is 9.80 Å². The number of amides is 3. The third kappa shape index (κ3) is 7.46. The van der Waals surface area contributed by atoms with Crippen LogP contribution in [0.15, 0.2) is 72.8 Å². The Kier molecular flexibility index (Phi) is 10.3. The van der Waals surface area contributed by atoms with E-state index in [2.05, 4.69) is 16.7 Å². The lowest BCUT2D eigenvalue weighted by Gasteiger charge is -2.34. The van der Waals surface area contributed by atoms with Crippen molar-refractivity contribution in [3.8, 4) is 0 Å². The van der Waals surface area contributed by atoms with Crippen molar-refractivity contribution in [1.29, 1.82) is 0 Å². The predicted molar refractivity (Wildman–Crippen MR) is 157 cm³/mol. The highest BCUT2D eigenvalue weighted by atomic mass is 16.5. The number of hydrogen-bond acceptors (Lipinski definition) is 5. The molecule has 0 spiro atoms. The van der Waals surface area contributed by atoms with Crippen molar-refractivity contribution in [2.75, 3.05) is 40.9 Å². The first-order valence-corrected chi connectivity index (χ1v) is 13.9. The third-order valence-corrected chi connectivity index (χ3v) is 7.73. The van der Waals surface area contributed by atoms with E-state index in [1.807, 2.05) is 66.7 Å². The van der Waals surface area contributed by atoms with E-state index in [-0.39, 0.29) is 30.4 Å². The first-order chi connectivity index (χ1) is 19.4. The number of carbonyl (C=O) groups excluding carboxylic acids is 3. The summed E-state index contributed by atoms with van der Waals surface area (Å²) < 4.78 is 5.74. The fourth-order valence-corrected chi connectivity index (χ4v) is 5.24. The molecule has 2 N–H and O–H groups in total. The van der Waals surface area contributed by atoms with Gasteiger partial charge in [-0.05, 0) is 41.3 Å². The van der Waals surface area contributed by atoms with E-state index in [1.54, 1.807) is 21.1 Å². The van der Waals surface area contributed by atoms with Crippen molar-refractivity contribution in [3.05, 3.63) is 83.9 Å². The third-order valence-electron chi connectivity index (χ3n) is 7.73. The number of carbonyl (C=O) groups is 3. The molecule has 1 fully saturated rings. The van der Waals surface area contributed by atoms with Crippen LogP contribution in [0, 0.1) is 0 Å². The molecule has 3 aromatic carbocycles. The maximum absolute atomic E-state index is 14.1. The van der Waals surface area contributed by atoms with E-state index in [4.69, 9.17) is 4.74 Å². The number of hydrogen-bond donors (Lipinski definition) is 2. The first kappa shape index (κ1) is 29.2. The smallest absolute Gasteiger partial charge is 0.249 e. The molecule has 40 heavy (non-hydrogen) atoms. The van der Waals surface area contributed by atoms with Crippen LogP contribution in [0.4, 0.5) is 0 Å². The van der Waals surface area contributed by atoms with E-state index >= 15 is 0 Å². The van der Waals surface area contributed by atoms with Crippen LogP contribution in [-0.2, 0) is 32.0 Å². The summed E-state index contributed by atoms with van der Waals surface area (Å²) in [6.07, 6.45) is 2.80. The molecule has 1 unspecified atom stereocenters. The minimum Gasteiger partial charge on any atom is -0.370 e. The molecular formula is C32H40N4O4. The second kappa shape index (κ2) is 14.1. The SMILES string of the molecule is CNC(=O)[C@@H](Cc1ccccc1)N(C)C(=O)[C@@H](Cc1ccc2ccccc2c1)N(C)C(=O)COCC1CCCN1. The van der Waals surface area contributed by atoms with Crippen LogP contribution in [0.2, 0.25) is 0 Å². The Balaban J connectivity index is 1.56. The summed E-state index contributed by atoms with van der Waals surface area (Å²) in [7, 11) is 4.85. The van der Waals surface area contributed by atoms with Gasteiger partial charge in [-0.1, -0.05) is 72.8 Å². The summed E-state index contributed by atoms with van der Waals surface area (Å²) in [5, 5.41) is 8.23. The lowest BCUT2D eigenvalue weighted by atomic mass is 9.98. The van der Waals surface area contributed by atoms with Gasteiger partial charge in [-0.2, -0.15) is 0 Å². The quantitative estimate of drug-likeness (QED) is 0.366. The van der Waals surface area contributed by atoms with Crippen LogP contribution < -0.4 is 10.6 Å². The van der Waals surface area contributed by atoms with Crippen LogP contribution >= 0.6 is 0 Å². The van der Waals surface area contributed by atoms with Gasteiger partial charge in [0, 0.05) is 40.0 Å². The normalized spacial score (nSPS) is 16.3. The van der Waals surface area contributed by atoms with Crippen LogP contribution in [0.1, 0.15) is 24.0 Å². The second-order valence-electron chi connectivity index (χ2n) is 10.5. The molecule has 1 aliphatic rings. The highest BCUT2D eigenvalue weighted by Crippen LogP contribution is 2.20. The molecule has 3 aromatic rings. The van der Waals surface area contributed by atoms with Gasteiger partial charge < -0.3 is 25.2 Å². The Labute approximate surface area is 236 Å². The van der Waals surface area contributed by atoms with Gasteiger partial charge >= 0.3 is 0 Å². The molecule has 0 bridgehead atoms. The van der Waals surface area contributed by atoms with E-state index in [0.29, 0.717) is 19.4 Å². The lowest BCUT2D eigenvalue weighted by Crippen LogP contribution is -2.56. The second-order valence-corrected chi connectivity index (χ2v) is 10.5. The minimum absolute atomic E-state index is 0.108. The summed E-state index contributed by atoms with van der Waals surface area (Å²) in [6, 6.07) is 22.4. The van der Waals surface area contributed by atoms with Gasteiger partial charge in [-0.3, -0.25) is 14.4 Å². The van der Waals surface area contributed by atoms with Crippen LogP contribution in [0.3, 0.4) is 0 Å². The van der Waals surface area contributed by atoms with Gasteiger partial charge in [0.15, 0.2) is 0 Å². The van der Waals surface area contributed by atoms with Crippen molar-refractivity contribution in [3.63, 3.8) is 0 Å². The summed E-state index contributed by atoms with van der Waals surface area (Å²) >= 11 is 0. The summed E-state index contributed by atoms with van der Waals surface area (Å²) in [5.41, 5.74) is 1.88. The van der Waals surface area contributed by atoms with E-state index < -0.39 is 12.1 Å². The summed E-state index contributed by atoms with van der Waals surface area (Å²) in [6.45, 7) is 1.31. The molecule has 212 valence electrons. The zero-order valence-corrected chi connectivity index (χ0v) is 23.6. The van der Waals surface area contributed by atoms with Crippen molar-refractivity contribution in [2.45, 2.75) is 43.8 Å². The topological polar surface area (TPSA) is 91.0 Å². The van der Waals surface area contributed by atoms with Gasteiger partial charge in [-0.15, -0.1) is 0 Å². The summed E-state index contributed by atoms with van der Waals surface area (Å²) in [4.78, 5) is 43.3. The largest absolute Gasteiger partial charge is 0.370 e. The number of nitrogens with zero attached hydrogens (tertiary/aromatic N) is 2. The van der Waals surface area contributed by atoms with Gasteiger partial charge in [-0.25, -0.2) is 0 Å². The van der Waals surface area contributed by atoms with E-state index in [9.17, 15) is 14.4 Å². The lowest BCUT2D eigenvalue weighted by molar-refractivity contribution is -0.149. The molecule has 0 radical (unpaired) electrons. The molecule has 3 amide bonds. The van der Waals surface area contributed by atoms with Gasteiger partial charge in [0.05, 0.1) is 6.61 Å². The van der Waals surface area contributed by atoms with Gasteiger partial charge in [0.25, 0.3) is 0 Å². The number of ether oxygens (including phenoxy) is 1. The van der Waals surface area contributed by atoms with Crippen molar-refractivity contribution in [2.24, 2.45) is 0 Å². The highest BCUT2D eigenvalue weighted by molar-refractivity contribution is 5.92. The van der Waals surface area contributed by atoms with Crippen LogP contribution in [-0.4, -0.2) is 86.5 Å². The molecular weight excluding hydrogens is 504 g/mol. The number of rotatable bonds is 12. The zero-order chi connectivity index (χ0) is 28.5. The maximum Gasteiger partial charge on any atom is 0.249 e. The highest BCUT2D eigenvalue weighted by Gasteiger charge is 2.35. The number of nitrogens with one attached hydrogen (secondary N) is 2. The maximum atomic E-state index is 14.1. The average Bonchev–Trinajstić information content (AvgIpc) is 3.51. The summed E-state index contributed by atoms with van der Waals surface area (Å²) in [5.74, 6) is -0.832. The first-order valence-electron chi connectivity index (χ1n) is 13.9. The molecule has 1 saturated heterocycles. The Morgan fingerprint density at radius 2 is 1.60 bits per heavy atom. The standard InChI is InChI=1S/C32H40N4O4/c1-33-31(38)28(19-23-10-5-4-6-11-23)36(3)32(39)29(20-24-15-16-25-12-7-8-13-26(25)18-24)35(2)30(37)22-40-21-27-14-9-17-34-27/h4-8,10-13,15-16,18,27-29,34H,9,14,17,19-22H2,1-3H3,(H,33,38)/t27?,28-,29-/m1/s1. The Morgan fingerprint density at radius 1 is 0.900 bits per heavy atom. The molecule has 8 heteroatoms. The minimum atomic E-state index is -0.810. The number of fused-ring (bicyclic) bond motifs is 1. The van der Waals surface area contributed by atoms with Crippen LogP contribution in [0.25, 0.3) is 10.8 Å². The van der Waals surface area contributed by atoms with Crippen LogP contribution in [0.5, 0.6) is 0 Å².